The van der Waals surface area contributed by atoms with Crippen LogP contribution in [0, 0.1) is 26.7 Å². The SMILES string of the molecule is CCc1c(C(=O)O)cnn1-c1cccc(-c2sc(C)c(C)c2COc2ccc(C3CCN(C(=O)C4CC4)CC3)cc2C)n1. The number of likely N-dealkylation sites (tertiary alicyclic amines) is 1. The van der Waals surface area contributed by atoms with Gasteiger partial charge >= 0.3 is 5.97 Å². The summed E-state index contributed by atoms with van der Waals surface area (Å²) in [5, 5.41) is 13.9. The normalized spacial score (nSPS) is 15.6. The van der Waals surface area contributed by atoms with Crippen LogP contribution in [0.15, 0.2) is 42.6 Å². The van der Waals surface area contributed by atoms with Crippen molar-refractivity contribution in [1.29, 1.82) is 0 Å². The lowest BCUT2D eigenvalue weighted by atomic mass is 9.88. The summed E-state index contributed by atoms with van der Waals surface area (Å²) < 4.78 is 8.05. The van der Waals surface area contributed by atoms with E-state index in [1.165, 1.54) is 22.2 Å². The number of piperidine rings is 1. The summed E-state index contributed by atoms with van der Waals surface area (Å²) >= 11 is 1.69. The Morgan fingerprint density at radius 3 is 2.51 bits per heavy atom. The van der Waals surface area contributed by atoms with Crippen molar-refractivity contribution in [2.24, 2.45) is 5.92 Å². The first kappa shape index (κ1) is 29.1. The Morgan fingerprint density at radius 2 is 1.84 bits per heavy atom. The number of benzene rings is 1. The van der Waals surface area contributed by atoms with Gasteiger partial charge < -0.3 is 14.7 Å². The van der Waals surface area contributed by atoms with E-state index in [0.717, 1.165) is 66.2 Å². The molecule has 9 heteroatoms. The molecule has 1 N–H and O–H groups in total. The molecule has 1 saturated heterocycles. The third-order valence-electron chi connectivity index (χ3n) is 8.90. The highest BCUT2D eigenvalue weighted by atomic mass is 32.1. The standard InChI is InChI=1S/C34H38N4O4S/c1-5-29-26(34(40)41)18-35-38(29)31-8-6-7-28(36-31)32-27(21(3)22(4)43-32)19-42-30-12-11-25(17-20(30)2)23-13-15-37(16-14-23)33(39)24-9-10-24/h6-8,11-12,17-18,23-24H,5,9-10,13-16,19H2,1-4H3,(H,40,41). The molecule has 1 saturated carbocycles. The summed E-state index contributed by atoms with van der Waals surface area (Å²) in [5.74, 6) is 1.59. The largest absolute Gasteiger partial charge is 0.489 e. The van der Waals surface area contributed by atoms with Crippen molar-refractivity contribution in [1.82, 2.24) is 19.7 Å². The zero-order valence-electron chi connectivity index (χ0n) is 25.2. The van der Waals surface area contributed by atoms with Crippen LogP contribution in [0.4, 0.5) is 0 Å². The molecule has 3 aromatic heterocycles. The average molecular weight is 599 g/mol. The number of amides is 1. The van der Waals surface area contributed by atoms with Gasteiger partial charge in [-0.25, -0.2) is 14.5 Å². The quantitative estimate of drug-likeness (QED) is 0.226. The predicted octanol–water partition coefficient (Wildman–Crippen LogP) is 6.88. The van der Waals surface area contributed by atoms with E-state index in [1.54, 1.807) is 16.0 Å². The van der Waals surface area contributed by atoms with Gasteiger partial charge in [0.2, 0.25) is 5.91 Å². The van der Waals surface area contributed by atoms with E-state index in [9.17, 15) is 14.7 Å². The van der Waals surface area contributed by atoms with Gasteiger partial charge in [0.15, 0.2) is 5.82 Å². The molecule has 8 nitrogen and oxygen atoms in total. The third-order valence-corrected chi connectivity index (χ3v) is 10.2. The van der Waals surface area contributed by atoms with Crippen LogP contribution in [0.5, 0.6) is 5.75 Å². The van der Waals surface area contributed by atoms with E-state index >= 15 is 0 Å². The average Bonchev–Trinajstić information content (AvgIpc) is 3.71. The molecule has 4 heterocycles. The second-order valence-corrected chi connectivity index (χ2v) is 13.0. The number of thiophene rings is 1. The topological polar surface area (TPSA) is 97.5 Å². The Labute approximate surface area is 256 Å². The number of carboxylic acids is 1. The van der Waals surface area contributed by atoms with E-state index in [0.29, 0.717) is 42.3 Å². The van der Waals surface area contributed by atoms with Crippen LogP contribution in [-0.4, -0.2) is 49.7 Å². The number of ether oxygens (including phenoxy) is 1. The van der Waals surface area contributed by atoms with Crippen LogP contribution in [0.2, 0.25) is 0 Å². The number of hydrogen-bond acceptors (Lipinski definition) is 6. The van der Waals surface area contributed by atoms with Crippen molar-refractivity contribution in [3.8, 4) is 22.1 Å². The second kappa shape index (κ2) is 12.0. The smallest absolute Gasteiger partial charge is 0.339 e. The summed E-state index contributed by atoms with van der Waals surface area (Å²) in [7, 11) is 0. The summed E-state index contributed by atoms with van der Waals surface area (Å²) in [5.41, 5.74) is 6.35. The molecule has 0 bridgehead atoms. The zero-order chi connectivity index (χ0) is 30.2. The van der Waals surface area contributed by atoms with Crippen LogP contribution < -0.4 is 4.74 Å². The van der Waals surface area contributed by atoms with Crippen LogP contribution in [-0.2, 0) is 17.8 Å². The van der Waals surface area contributed by atoms with E-state index in [4.69, 9.17) is 9.72 Å². The van der Waals surface area contributed by atoms with Crippen LogP contribution in [0.25, 0.3) is 16.4 Å². The van der Waals surface area contributed by atoms with Crippen molar-refractivity contribution in [3.63, 3.8) is 0 Å². The van der Waals surface area contributed by atoms with Crippen LogP contribution >= 0.6 is 11.3 Å². The van der Waals surface area contributed by atoms with Gasteiger partial charge in [-0.3, -0.25) is 4.79 Å². The summed E-state index contributed by atoms with van der Waals surface area (Å²) in [6.45, 7) is 10.4. The van der Waals surface area contributed by atoms with Crippen LogP contribution in [0.3, 0.4) is 0 Å². The Hall–Kier alpha value is -3.98. The number of aromatic carboxylic acids is 1. The molecule has 1 aliphatic heterocycles. The lowest BCUT2D eigenvalue weighted by Gasteiger charge is -2.32. The fourth-order valence-electron chi connectivity index (χ4n) is 6.07. The Morgan fingerprint density at radius 1 is 1.07 bits per heavy atom. The highest BCUT2D eigenvalue weighted by Crippen LogP contribution is 2.38. The number of rotatable bonds is 9. The Balaban J connectivity index is 1.18. The summed E-state index contributed by atoms with van der Waals surface area (Å²) in [4.78, 5) is 33.3. The number of carboxylic acid groups (broad SMARTS) is 1. The van der Waals surface area contributed by atoms with Gasteiger partial charge in [-0.05, 0) is 93.7 Å². The van der Waals surface area contributed by atoms with E-state index in [1.807, 2.05) is 25.1 Å². The fraction of sp³-hybridized carbons (Fsp3) is 0.412. The van der Waals surface area contributed by atoms with Crippen LogP contribution in [0.1, 0.15) is 81.7 Å². The number of carbonyl (C=O) groups excluding carboxylic acids is 1. The Kier molecular flexibility index (Phi) is 8.09. The Bertz CT molecular complexity index is 1680. The maximum absolute atomic E-state index is 12.4. The summed E-state index contributed by atoms with van der Waals surface area (Å²) in [6, 6.07) is 12.3. The molecule has 224 valence electrons. The van der Waals surface area contributed by atoms with Gasteiger partial charge in [0.25, 0.3) is 0 Å². The molecule has 0 atom stereocenters. The maximum atomic E-state index is 12.4. The van der Waals surface area contributed by atoms with Gasteiger partial charge in [-0.1, -0.05) is 25.1 Å². The first-order valence-electron chi connectivity index (χ1n) is 15.1. The molecular weight excluding hydrogens is 560 g/mol. The number of hydrogen-bond donors (Lipinski definition) is 1. The molecule has 1 aliphatic carbocycles. The molecule has 2 fully saturated rings. The molecule has 6 rings (SSSR count). The lowest BCUT2D eigenvalue weighted by molar-refractivity contribution is -0.133. The highest BCUT2D eigenvalue weighted by Gasteiger charge is 2.35. The van der Waals surface area contributed by atoms with Gasteiger partial charge in [0.1, 0.15) is 17.9 Å². The highest BCUT2D eigenvalue weighted by molar-refractivity contribution is 7.15. The summed E-state index contributed by atoms with van der Waals surface area (Å²) in [6.07, 6.45) is 6.07. The molecule has 0 unspecified atom stereocenters. The number of nitrogens with zero attached hydrogens (tertiary/aromatic N) is 4. The molecule has 2 aliphatic rings. The van der Waals surface area contributed by atoms with Gasteiger partial charge in [-0.15, -0.1) is 11.3 Å². The minimum atomic E-state index is -0.989. The minimum absolute atomic E-state index is 0.196. The van der Waals surface area contributed by atoms with Crippen molar-refractivity contribution in [2.75, 3.05) is 13.1 Å². The number of aryl methyl sites for hydroxylation is 2. The molecule has 1 amide bonds. The lowest BCUT2D eigenvalue weighted by Crippen LogP contribution is -2.38. The molecular formula is C34H38N4O4S. The van der Waals surface area contributed by atoms with Gasteiger partial charge in [0.05, 0.1) is 22.5 Å². The van der Waals surface area contributed by atoms with E-state index < -0.39 is 5.97 Å². The maximum Gasteiger partial charge on any atom is 0.339 e. The fourth-order valence-corrected chi connectivity index (χ4v) is 7.21. The number of pyridine rings is 1. The zero-order valence-corrected chi connectivity index (χ0v) is 26.0. The third kappa shape index (κ3) is 5.83. The molecule has 43 heavy (non-hydrogen) atoms. The van der Waals surface area contributed by atoms with E-state index in [-0.39, 0.29) is 5.56 Å². The van der Waals surface area contributed by atoms with Crippen molar-refractivity contribution in [3.05, 3.63) is 81.0 Å². The number of carbonyl (C=O) groups is 2. The molecule has 4 aromatic rings. The first-order valence-corrected chi connectivity index (χ1v) is 16.0. The van der Waals surface area contributed by atoms with E-state index in [2.05, 4.69) is 49.0 Å². The second-order valence-electron chi connectivity index (χ2n) is 11.7. The monoisotopic (exact) mass is 598 g/mol. The molecule has 1 aromatic carbocycles. The first-order chi connectivity index (χ1) is 20.7. The molecule has 0 spiro atoms. The van der Waals surface area contributed by atoms with Gasteiger partial charge in [0, 0.05) is 29.4 Å². The minimum Gasteiger partial charge on any atom is -0.489 e. The van der Waals surface area contributed by atoms with Crippen molar-refractivity contribution < 1.29 is 19.4 Å². The van der Waals surface area contributed by atoms with Gasteiger partial charge in [-0.2, -0.15) is 5.10 Å². The molecule has 0 radical (unpaired) electrons. The van der Waals surface area contributed by atoms with Crippen molar-refractivity contribution in [2.45, 2.75) is 72.3 Å². The number of aromatic nitrogens is 3. The van der Waals surface area contributed by atoms with Crippen molar-refractivity contribution >= 4 is 23.2 Å². The predicted molar refractivity (Wildman–Crippen MR) is 167 cm³/mol.